The molecule has 5 rings (SSSR count). The van der Waals surface area contributed by atoms with Gasteiger partial charge in [0.25, 0.3) is 0 Å². The molecule has 1 fully saturated rings. The fraction of sp³-hybridized carbons (Fsp3) is 0.292. The standard InChI is InChI=1S/C24H23F2N9O2S/c1-12-7-19(32-31-12)28-23-20(13-5-6-13)21(15-11-34(2)33-18(15)10-27)29-24(30-23)35(3)22-16(25)8-14(9-17(22)26)38(4,36)37/h7-9,11,13H,5-6H2,1-4H3,(H2,28,29,30,31,32). The predicted molar refractivity (Wildman–Crippen MR) is 135 cm³/mol. The van der Waals surface area contributed by atoms with Crippen LogP contribution in [0.1, 0.15) is 35.7 Å². The molecule has 3 aromatic heterocycles. The molecule has 0 atom stereocenters. The molecule has 0 saturated heterocycles. The molecule has 1 aromatic carbocycles. The number of hydrogen-bond donors (Lipinski definition) is 2. The summed E-state index contributed by atoms with van der Waals surface area (Å²) in [6.07, 6.45) is 4.27. The number of aryl methyl sites for hydroxylation is 2. The van der Waals surface area contributed by atoms with Gasteiger partial charge < -0.3 is 10.2 Å². The Kier molecular flexibility index (Phi) is 6.10. The average molecular weight is 540 g/mol. The highest BCUT2D eigenvalue weighted by molar-refractivity contribution is 7.90. The van der Waals surface area contributed by atoms with E-state index in [0.29, 0.717) is 22.9 Å². The van der Waals surface area contributed by atoms with Gasteiger partial charge in [0.15, 0.2) is 33.0 Å². The third-order valence-electron chi connectivity index (χ3n) is 6.12. The van der Waals surface area contributed by atoms with E-state index >= 15 is 8.78 Å². The van der Waals surface area contributed by atoms with Crippen LogP contribution in [-0.2, 0) is 16.9 Å². The molecule has 0 radical (unpaired) electrons. The number of benzene rings is 1. The molecule has 0 unspecified atom stereocenters. The lowest BCUT2D eigenvalue weighted by Gasteiger charge is -2.22. The van der Waals surface area contributed by atoms with Crippen molar-refractivity contribution in [1.82, 2.24) is 29.9 Å². The van der Waals surface area contributed by atoms with Crippen molar-refractivity contribution in [1.29, 1.82) is 5.26 Å². The molecule has 0 bridgehead atoms. The van der Waals surface area contributed by atoms with Crippen LogP contribution in [0.15, 0.2) is 29.3 Å². The van der Waals surface area contributed by atoms with Gasteiger partial charge in [-0.05, 0) is 37.8 Å². The molecule has 38 heavy (non-hydrogen) atoms. The lowest BCUT2D eigenvalue weighted by Crippen LogP contribution is -2.19. The molecule has 0 spiro atoms. The van der Waals surface area contributed by atoms with E-state index < -0.39 is 32.1 Å². The number of aromatic nitrogens is 6. The maximum absolute atomic E-state index is 15.1. The van der Waals surface area contributed by atoms with Gasteiger partial charge in [-0.1, -0.05) is 0 Å². The van der Waals surface area contributed by atoms with Gasteiger partial charge in [0.1, 0.15) is 17.6 Å². The molecule has 2 N–H and O–H groups in total. The number of anilines is 4. The Labute approximate surface area is 217 Å². The first-order chi connectivity index (χ1) is 18.0. The van der Waals surface area contributed by atoms with Crippen molar-refractivity contribution in [3.8, 4) is 17.3 Å². The second kappa shape index (κ2) is 9.18. The first-order valence-corrected chi connectivity index (χ1v) is 13.4. The van der Waals surface area contributed by atoms with Gasteiger partial charge in [0.05, 0.1) is 16.2 Å². The van der Waals surface area contributed by atoms with Crippen LogP contribution < -0.4 is 10.2 Å². The molecule has 196 valence electrons. The fourth-order valence-electron chi connectivity index (χ4n) is 4.19. The third kappa shape index (κ3) is 4.68. The maximum Gasteiger partial charge on any atom is 0.232 e. The smallest absolute Gasteiger partial charge is 0.232 e. The highest BCUT2D eigenvalue weighted by atomic mass is 32.2. The normalized spacial score (nSPS) is 13.4. The van der Waals surface area contributed by atoms with E-state index in [-0.39, 0.29) is 17.6 Å². The molecule has 1 aliphatic rings. The van der Waals surface area contributed by atoms with Crippen LogP contribution >= 0.6 is 0 Å². The molecule has 0 amide bonds. The zero-order valence-electron chi connectivity index (χ0n) is 20.9. The highest BCUT2D eigenvalue weighted by Crippen LogP contribution is 2.48. The lowest BCUT2D eigenvalue weighted by molar-refractivity contribution is 0.569. The first kappa shape index (κ1) is 25.3. The Hall–Kier alpha value is -4.38. The summed E-state index contributed by atoms with van der Waals surface area (Å²) in [6, 6.07) is 5.35. The van der Waals surface area contributed by atoms with Crippen molar-refractivity contribution < 1.29 is 17.2 Å². The summed E-state index contributed by atoms with van der Waals surface area (Å²) in [6.45, 7) is 1.84. The number of nitrogens with one attached hydrogen (secondary N) is 2. The molecule has 3 heterocycles. The number of nitrogens with zero attached hydrogens (tertiary/aromatic N) is 7. The Morgan fingerprint density at radius 2 is 1.89 bits per heavy atom. The molecule has 0 aliphatic heterocycles. The largest absolute Gasteiger partial charge is 0.323 e. The molecule has 1 saturated carbocycles. The van der Waals surface area contributed by atoms with Gasteiger partial charge in [-0.3, -0.25) is 9.78 Å². The molecular weight excluding hydrogens is 516 g/mol. The lowest BCUT2D eigenvalue weighted by atomic mass is 10.0. The van der Waals surface area contributed by atoms with Crippen molar-refractivity contribution in [2.75, 3.05) is 23.5 Å². The molecule has 11 nitrogen and oxygen atoms in total. The Bertz CT molecular complexity index is 1700. The van der Waals surface area contributed by atoms with Crippen molar-refractivity contribution in [3.05, 3.63) is 53.0 Å². The minimum absolute atomic E-state index is 0.0863. The number of rotatable bonds is 7. The van der Waals surface area contributed by atoms with Gasteiger partial charge in [0, 0.05) is 43.9 Å². The zero-order chi connectivity index (χ0) is 27.4. The zero-order valence-corrected chi connectivity index (χ0v) is 21.7. The second-order valence-corrected chi connectivity index (χ2v) is 11.2. The molecule has 14 heteroatoms. The van der Waals surface area contributed by atoms with Crippen LogP contribution in [0.5, 0.6) is 0 Å². The topological polar surface area (TPSA) is 145 Å². The summed E-state index contributed by atoms with van der Waals surface area (Å²) in [4.78, 5) is 9.87. The van der Waals surface area contributed by atoms with E-state index in [4.69, 9.17) is 0 Å². The number of sulfone groups is 1. The van der Waals surface area contributed by atoms with Crippen molar-refractivity contribution in [3.63, 3.8) is 0 Å². The second-order valence-electron chi connectivity index (χ2n) is 9.21. The van der Waals surface area contributed by atoms with Crippen LogP contribution in [0.4, 0.5) is 32.1 Å². The number of nitriles is 1. The third-order valence-corrected chi connectivity index (χ3v) is 7.21. The number of H-pyrrole nitrogens is 1. The first-order valence-electron chi connectivity index (χ1n) is 11.5. The minimum atomic E-state index is -3.84. The number of aromatic amines is 1. The summed E-state index contributed by atoms with van der Waals surface area (Å²) in [5.41, 5.74) is 2.00. The van der Waals surface area contributed by atoms with E-state index in [2.05, 4.69) is 36.7 Å². The molecular formula is C24H23F2N9O2S. The van der Waals surface area contributed by atoms with Crippen molar-refractivity contribution >= 4 is 33.1 Å². The Morgan fingerprint density at radius 3 is 2.45 bits per heavy atom. The van der Waals surface area contributed by atoms with Crippen molar-refractivity contribution in [2.24, 2.45) is 7.05 Å². The summed E-state index contributed by atoms with van der Waals surface area (Å²) < 4.78 is 55.4. The van der Waals surface area contributed by atoms with Gasteiger partial charge >= 0.3 is 0 Å². The monoisotopic (exact) mass is 539 g/mol. The Morgan fingerprint density at radius 1 is 1.21 bits per heavy atom. The summed E-state index contributed by atoms with van der Waals surface area (Å²) >= 11 is 0. The van der Waals surface area contributed by atoms with Crippen molar-refractivity contribution in [2.45, 2.75) is 30.6 Å². The van der Waals surface area contributed by atoms with Crippen LogP contribution in [0.25, 0.3) is 11.3 Å². The van der Waals surface area contributed by atoms with E-state index in [9.17, 15) is 13.7 Å². The van der Waals surface area contributed by atoms with Gasteiger partial charge in [-0.25, -0.2) is 22.2 Å². The predicted octanol–water partition coefficient (Wildman–Crippen LogP) is 3.85. The van der Waals surface area contributed by atoms with Gasteiger partial charge in [0.2, 0.25) is 5.95 Å². The fourth-order valence-corrected chi connectivity index (χ4v) is 4.83. The van der Waals surface area contributed by atoms with Gasteiger partial charge in [-0.15, -0.1) is 0 Å². The van der Waals surface area contributed by atoms with E-state index in [1.807, 2.05) is 6.92 Å². The molecule has 4 aromatic rings. The van der Waals surface area contributed by atoms with Crippen LogP contribution in [-0.4, -0.2) is 51.7 Å². The molecule has 1 aliphatic carbocycles. The van der Waals surface area contributed by atoms with Crippen LogP contribution in [0.2, 0.25) is 0 Å². The quantitative estimate of drug-likeness (QED) is 0.358. The SMILES string of the molecule is Cc1cc(Nc2nc(N(C)c3c(F)cc(S(C)(=O)=O)cc3F)nc(-c3cn(C)nc3C#N)c2C2CC2)n[nH]1. The van der Waals surface area contributed by atoms with Crippen LogP contribution in [0, 0.1) is 29.9 Å². The number of halogens is 2. The van der Waals surface area contributed by atoms with Crippen LogP contribution in [0.3, 0.4) is 0 Å². The van der Waals surface area contributed by atoms with Gasteiger partial charge in [-0.2, -0.15) is 20.4 Å². The van der Waals surface area contributed by atoms with E-state index in [1.54, 1.807) is 19.3 Å². The summed E-state index contributed by atoms with van der Waals surface area (Å²) in [5.74, 6) is -1.34. The number of hydrogen-bond acceptors (Lipinski definition) is 9. The Balaban J connectivity index is 1.72. The van der Waals surface area contributed by atoms with E-state index in [1.165, 1.54) is 11.7 Å². The highest BCUT2D eigenvalue weighted by Gasteiger charge is 2.34. The summed E-state index contributed by atoms with van der Waals surface area (Å²) in [7, 11) is -0.795. The summed E-state index contributed by atoms with van der Waals surface area (Å²) in [5, 5.41) is 24.1. The minimum Gasteiger partial charge on any atom is -0.323 e. The maximum atomic E-state index is 15.1. The van der Waals surface area contributed by atoms with E-state index in [0.717, 1.165) is 47.4 Å². The average Bonchev–Trinajstić information content (AvgIpc) is 3.49.